The van der Waals surface area contributed by atoms with E-state index in [1.54, 1.807) is 5.01 Å². The maximum atomic E-state index is 13.4. The van der Waals surface area contributed by atoms with Crippen LogP contribution in [0.15, 0.2) is 102 Å². The van der Waals surface area contributed by atoms with E-state index >= 15 is 0 Å². The molecule has 0 fully saturated rings. The molecular weight excluding hydrogens is 442 g/mol. The molecule has 4 aromatic carbocycles. The molecule has 4 aromatic rings. The van der Waals surface area contributed by atoms with Gasteiger partial charge in [0, 0.05) is 18.0 Å². The van der Waals surface area contributed by atoms with E-state index in [0.717, 1.165) is 22.4 Å². The lowest BCUT2D eigenvalue weighted by molar-refractivity contribution is -0.134. The van der Waals surface area contributed by atoms with E-state index in [4.69, 9.17) is 16.7 Å². The quantitative estimate of drug-likeness (QED) is 0.333. The lowest BCUT2D eigenvalue weighted by atomic mass is 9.97. The number of benzene rings is 4. The number of likely N-dealkylation sites (N-methyl/N-ethyl adjacent to an activating group) is 1. The van der Waals surface area contributed by atoms with E-state index < -0.39 is 0 Å². The third-order valence-electron chi connectivity index (χ3n) is 6.24. The van der Waals surface area contributed by atoms with Crippen LogP contribution in [0, 0.1) is 0 Å². The van der Waals surface area contributed by atoms with Gasteiger partial charge in [-0.05, 0) is 46.6 Å². The first kappa shape index (κ1) is 22.3. The molecule has 4 nitrogen and oxygen atoms in total. The molecule has 170 valence electrons. The minimum Gasteiger partial charge on any atom is -0.293 e. The minimum absolute atomic E-state index is 0.0285. The van der Waals surface area contributed by atoms with Gasteiger partial charge in [-0.2, -0.15) is 5.10 Å². The molecule has 1 atom stereocenters. The van der Waals surface area contributed by atoms with Gasteiger partial charge in [0.15, 0.2) is 0 Å². The molecule has 34 heavy (non-hydrogen) atoms. The largest absolute Gasteiger partial charge is 0.293 e. The molecule has 0 N–H and O–H groups in total. The van der Waals surface area contributed by atoms with Gasteiger partial charge in [0.2, 0.25) is 0 Å². The molecule has 1 amide bonds. The van der Waals surface area contributed by atoms with Crippen LogP contribution in [-0.2, 0) is 11.3 Å². The number of hydrazone groups is 1. The van der Waals surface area contributed by atoms with Gasteiger partial charge < -0.3 is 0 Å². The zero-order valence-electron chi connectivity index (χ0n) is 19.1. The highest BCUT2D eigenvalue weighted by atomic mass is 35.5. The maximum absolute atomic E-state index is 13.4. The van der Waals surface area contributed by atoms with E-state index in [-0.39, 0.29) is 18.5 Å². The van der Waals surface area contributed by atoms with Gasteiger partial charge in [0.1, 0.15) is 0 Å². The lowest BCUT2D eigenvalue weighted by Gasteiger charge is -2.25. The van der Waals surface area contributed by atoms with Crippen LogP contribution in [-0.4, -0.2) is 35.1 Å². The number of hydrogen-bond donors (Lipinski definition) is 0. The van der Waals surface area contributed by atoms with Crippen LogP contribution < -0.4 is 0 Å². The molecule has 0 aromatic heterocycles. The molecule has 1 unspecified atom stereocenters. The second-order valence-electron chi connectivity index (χ2n) is 8.74. The Bertz CT molecular complexity index is 1350. The van der Waals surface area contributed by atoms with Crippen LogP contribution in [0.1, 0.15) is 29.2 Å². The molecule has 1 aliphatic heterocycles. The molecule has 0 aliphatic carbocycles. The topological polar surface area (TPSA) is 35.9 Å². The average molecular weight is 468 g/mol. The zero-order chi connectivity index (χ0) is 23.5. The van der Waals surface area contributed by atoms with Crippen LogP contribution in [0.25, 0.3) is 10.8 Å². The summed E-state index contributed by atoms with van der Waals surface area (Å²) >= 11 is 6.32. The summed E-state index contributed by atoms with van der Waals surface area (Å²) in [5.74, 6) is -0.0285. The lowest BCUT2D eigenvalue weighted by Crippen LogP contribution is -2.36. The van der Waals surface area contributed by atoms with E-state index in [9.17, 15) is 4.79 Å². The van der Waals surface area contributed by atoms with E-state index in [0.29, 0.717) is 18.0 Å². The summed E-state index contributed by atoms with van der Waals surface area (Å²) in [7, 11) is 1.93. The molecule has 0 spiro atoms. The van der Waals surface area contributed by atoms with Crippen LogP contribution >= 0.6 is 11.6 Å². The molecule has 0 bridgehead atoms. The van der Waals surface area contributed by atoms with Gasteiger partial charge in [-0.1, -0.05) is 96.5 Å². The third kappa shape index (κ3) is 4.74. The number of carbonyl (C=O) groups excluding carboxylic acids is 1. The molecule has 5 heteroatoms. The van der Waals surface area contributed by atoms with Crippen LogP contribution in [0.3, 0.4) is 0 Å². The highest BCUT2D eigenvalue weighted by molar-refractivity contribution is 6.31. The first-order chi connectivity index (χ1) is 16.6. The number of rotatable bonds is 6. The van der Waals surface area contributed by atoms with E-state index in [1.807, 2.05) is 66.5 Å². The number of fused-ring (bicyclic) bond motifs is 1. The summed E-state index contributed by atoms with van der Waals surface area (Å²) in [6, 6.07) is 32.4. The normalized spacial score (nSPS) is 15.7. The first-order valence-electron chi connectivity index (χ1n) is 11.4. The smallest absolute Gasteiger partial charge is 0.257 e. The molecule has 1 aliphatic rings. The number of halogens is 1. The molecule has 0 saturated heterocycles. The van der Waals surface area contributed by atoms with Crippen molar-refractivity contribution < 1.29 is 4.79 Å². The molecule has 0 radical (unpaired) electrons. The van der Waals surface area contributed by atoms with Gasteiger partial charge in [-0.15, -0.1) is 0 Å². The maximum Gasteiger partial charge on any atom is 0.257 e. The summed E-state index contributed by atoms with van der Waals surface area (Å²) in [6.45, 7) is 0.847. The van der Waals surface area contributed by atoms with Crippen LogP contribution in [0.5, 0.6) is 0 Å². The van der Waals surface area contributed by atoms with Crippen molar-refractivity contribution in [3.05, 3.63) is 119 Å². The number of nitrogens with zero attached hydrogens (tertiary/aromatic N) is 3. The molecular formula is C29H26ClN3O. The fourth-order valence-corrected chi connectivity index (χ4v) is 4.69. The summed E-state index contributed by atoms with van der Waals surface area (Å²) in [4.78, 5) is 15.4. The third-order valence-corrected chi connectivity index (χ3v) is 6.60. The Hall–Kier alpha value is -3.47. The second kappa shape index (κ2) is 9.80. The minimum atomic E-state index is -0.121. The monoisotopic (exact) mass is 467 g/mol. The van der Waals surface area contributed by atoms with E-state index in [1.165, 1.54) is 10.8 Å². The van der Waals surface area contributed by atoms with Crippen molar-refractivity contribution in [2.24, 2.45) is 5.10 Å². The predicted octanol–water partition coefficient (Wildman–Crippen LogP) is 6.30. The van der Waals surface area contributed by atoms with Gasteiger partial charge in [-0.3, -0.25) is 9.69 Å². The molecule has 1 heterocycles. The van der Waals surface area contributed by atoms with E-state index in [2.05, 4.69) is 42.5 Å². The van der Waals surface area contributed by atoms with Gasteiger partial charge in [0.25, 0.3) is 5.91 Å². The summed E-state index contributed by atoms with van der Waals surface area (Å²) in [5, 5.41) is 9.59. The van der Waals surface area contributed by atoms with Crippen molar-refractivity contribution in [1.29, 1.82) is 0 Å². The van der Waals surface area contributed by atoms with Crippen molar-refractivity contribution >= 4 is 34.0 Å². The Balaban J connectivity index is 1.41. The van der Waals surface area contributed by atoms with Gasteiger partial charge in [0.05, 0.1) is 18.3 Å². The SMILES string of the molecule is CN(CC(=O)N1N=C(c2ccc3ccccc3c2)CC1c1ccccc1)Cc1ccccc1Cl. The second-order valence-corrected chi connectivity index (χ2v) is 9.15. The van der Waals surface area contributed by atoms with Gasteiger partial charge >= 0.3 is 0 Å². The Labute approximate surface area is 205 Å². The fourth-order valence-electron chi connectivity index (χ4n) is 4.50. The Morgan fingerprint density at radius 2 is 1.65 bits per heavy atom. The van der Waals surface area contributed by atoms with Crippen molar-refractivity contribution in [1.82, 2.24) is 9.91 Å². The van der Waals surface area contributed by atoms with Crippen molar-refractivity contribution in [2.75, 3.05) is 13.6 Å². The van der Waals surface area contributed by atoms with Crippen LogP contribution in [0.4, 0.5) is 0 Å². The van der Waals surface area contributed by atoms with Crippen molar-refractivity contribution in [3.8, 4) is 0 Å². The Morgan fingerprint density at radius 1 is 0.941 bits per heavy atom. The number of amides is 1. The van der Waals surface area contributed by atoms with Gasteiger partial charge in [-0.25, -0.2) is 5.01 Å². The first-order valence-corrected chi connectivity index (χ1v) is 11.8. The number of hydrogen-bond acceptors (Lipinski definition) is 3. The van der Waals surface area contributed by atoms with Crippen molar-refractivity contribution in [2.45, 2.75) is 19.0 Å². The van der Waals surface area contributed by atoms with Crippen LogP contribution in [0.2, 0.25) is 5.02 Å². The molecule has 5 rings (SSSR count). The summed E-state index contributed by atoms with van der Waals surface area (Å²) in [5.41, 5.74) is 4.08. The zero-order valence-corrected chi connectivity index (χ0v) is 19.8. The molecule has 0 saturated carbocycles. The summed E-state index contributed by atoms with van der Waals surface area (Å²) in [6.07, 6.45) is 0.683. The Morgan fingerprint density at radius 3 is 2.44 bits per heavy atom. The Kier molecular flexibility index (Phi) is 6.43. The standard InChI is InChI=1S/C29H26ClN3O/c1-32(19-25-13-7-8-14-26(25)30)20-29(34)33-28(22-10-3-2-4-11-22)18-27(31-33)24-16-15-21-9-5-6-12-23(21)17-24/h2-17,28H,18-20H2,1H3. The highest BCUT2D eigenvalue weighted by Gasteiger charge is 2.33. The summed E-state index contributed by atoms with van der Waals surface area (Å²) < 4.78 is 0. The predicted molar refractivity (Wildman–Crippen MR) is 139 cm³/mol. The number of carbonyl (C=O) groups is 1. The fraction of sp³-hybridized carbons (Fsp3) is 0.172. The average Bonchev–Trinajstić information content (AvgIpc) is 3.31. The van der Waals surface area contributed by atoms with Crippen molar-refractivity contribution in [3.63, 3.8) is 0 Å². The highest BCUT2D eigenvalue weighted by Crippen LogP contribution is 2.33.